The van der Waals surface area contributed by atoms with Gasteiger partial charge in [0.05, 0.1) is 6.42 Å². The Hall–Kier alpha value is -2.83. The van der Waals surface area contributed by atoms with Crippen LogP contribution in [0.4, 0.5) is 0 Å². The fourth-order valence-electron chi connectivity index (χ4n) is 4.19. The maximum absolute atomic E-state index is 13.1. The van der Waals surface area contributed by atoms with E-state index < -0.39 is 6.04 Å². The number of unbranched alkanes of at least 4 members (excludes halogenated alkanes) is 1. The van der Waals surface area contributed by atoms with Crippen LogP contribution in [0.1, 0.15) is 64.9 Å². The van der Waals surface area contributed by atoms with Gasteiger partial charge in [0.15, 0.2) is 0 Å². The normalized spacial score (nSPS) is 12.9. The van der Waals surface area contributed by atoms with E-state index in [1.165, 1.54) is 6.92 Å². The highest BCUT2D eigenvalue weighted by Gasteiger charge is 2.26. The highest BCUT2D eigenvalue weighted by atomic mass is 16.5. The Morgan fingerprint density at radius 2 is 1.82 bits per heavy atom. The van der Waals surface area contributed by atoms with Crippen molar-refractivity contribution in [2.45, 2.75) is 77.9 Å². The maximum atomic E-state index is 13.1. The van der Waals surface area contributed by atoms with Crippen LogP contribution >= 0.6 is 0 Å². The van der Waals surface area contributed by atoms with E-state index in [0.29, 0.717) is 19.4 Å². The Labute approximate surface area is 197 Å². The third kappa shape index (κ3) is 7.91. The van der Waals surface area contributed by atoms with Crippen LogP contribution in [0, 0.1) is 0 Å². The molecule has 2 unspecified atom stereocenters. The van der Waals surface area contributed by atoms with Crippen LogP contribution in [-0.4, -0.2) is 53.0 Å². The zero-order valence-corrected chi connectivity index (χ0v) is 20.7. The number of rotatable bonds is 13. The van der Waals surface area contributed by atoms with Crippen LogP contribution in [0.3, 0.4) is 0 Å². The summed E-state index contributed by atoms with van der Waals surface area (Å²) in [5.41, 5.74) is 2.00. The number of carbonyl (C=O) groups is 3. The minimum absolute atomic E-state index is 0.104. The van der Waals surface area contributed by atoms with E-state index in [-0.39, 0.29) is 30.3 Å². The number of carbonyl (C=O) groups excluding carboxylic acids is 3. The molecule has 2 amide bonds. The largest absolute Gasteiger partial charge is 0.463 e. The molecule has 0 fully saturated rings. The smallest absolute Gasteiger partial charge is 0.302 e. The summed E-state index contributed by atoms with van der Waals surface area (Å²) in [6, 6.07) is 7.32. The van der Waals surface area contributed by atoms with Crippen LogP contribution in [0.5, 0.6) is 0 Å². The molecule has 1 heterocycles. The summed E-state index contributed by atoms with van der Waals surface area (Å²) in [6.07, 6.45) is 6.37. The summed E-state index contributed by atoms with van der Waals surface area (Å²) < 4.78 is 7.43. The second kappa shape index (κ2) is 13.0. The van der Waals surface area contributed by atoms with Crippen LogP contribution in [0.25, 0.3) is 10.9 Å². The molecule has 0 radical (unpaired) electrons. The van der Waals surface area contributed by atoms with E-state index in [9.17, 15) is 14.4 Å². The van der Waals surface area contributed by atoms with Gasteiger partial charge in [-0.2, -0.15) is 0 Å². The number of hydrogen-bond donors (Lipinski definition) is 1. The monoisotopic (exact) mass is 457 g/mol. The molecule has 0 spiro atoms. The van der Waals surface area contributed by atoms with E-state index in [2.05, 4.69) is 12.2 Å². The van der Waals surface area contributed by atoms with Gasteiger partial charge in [-0.3, -0.25) is 14.4 Å². The van der Waals surface area contributed by atoms with Gasteiger partial charge in [0.25, 0.3) is 0 Å². The number of nitrogens with zero attached hydrogens (tertiary/aromatic N) is 2. The fourth-order valence-corrected chi connectivity index (χ4v) is 4.19. The van der Waals surface area contributed by atoms with Gasteiger partial charge in [0.1, 0.15) is 12.1 Å². The molecule has 0 bridgehead atoms. The van der Waals surface area contributed by atoms with Crippen LogP contribution < -0.4 is 5.32 Å². The SMILES string of the molecule is CCCCN(C)C(=O)C(CCC(CCC)OC(C)=O)NC(=O)Cc1cn(C)c2ccccc12. The minimum Gasteiger partial charge on any atom is -0.463 e. The molecule has 0 aliphatic carbocycles. The lowest BCUT2D eigenvalue weighted by Gasteiger charge is -2.26. The summed E-state index contributed by atoms with van der Waals surface area (Å²) in [5, 5.41) is 4.01. The van der Waals surface area contributed by atoms with Gasteiger partial charge in [-0.1, -0.05) is 44.9 Å². The number of fused-ring (bicyclic) bond motifs is 1. The molecule has 182 valence electrons. The topological polar surface area (TPSA) is 80.6 Å². The summed E-state index contributed by atoms with van der Waals surface area (Å²) in [5.74, 6) is -0.614. The number of para-hydroxylation sites is 1. The van der Waals surface area contributed by atoms with Gasteiger partial charge in [-0.05, 0) is 37.3 Å². The Morgan fingerprint density at radius 1 is 1.09 bits per heavy atom. The molecule has 0 aliphatic heterocycles. The standard InChI is InChI=1S/C26H39N3O4/c1-6-8-16-28(4)26(32)23(15-14-21(11-7-2)33-19(3)30)27-25(31)17-20-18-29(5)24-13-10-9-12-22(20)24/h9-10,12-13,18,21,23H,6-8,11,14-17H2,1-5H3,(H,27,31). The van der Waals surface area contributed by atoms with Crippen molar-refractivity contribution in [2.24, 2.45) is 7.05 Å². The van der Waals surface area contributed by atoms with Gasteiger partial charge >= 0.3 is 5.97 Å². The molecule has 7 heteroatoms. The van der Waals surface area contributed by atoms with Crippen molar-refractivity contribution in [1.29, 1.82) is 0 Å². The average molecular weight is 458 g/mol. The minimum atomic E-state index is -0.649. The van der Waals surface area contributed by atoms with Crippen molar-refractivity contribution >= 4 is 28.7 Å². The molecule has 33 heavy (non-hydrogen) atoms. The third-order valence-electron chi connectivity index (χ3n) is 5.91. The maximum Gasteiger partial charge on any atom is 0.302 e. The summed E-state index contributed by atoms with van der Waals surface area (Å²) in [4.78, 5) is 39.3. The second-order valence-electron chi connectivity index (χ2n) is 8.79. The van der Waals surface area contributed by atoms with Crippen molar-refractivity contribution in [3.63, 3.8) is 0 Å². The average Bonchev–Trinajstić information content (AvgIpc) is 3.09. The molecule has 7 nitrogen and oxygen atoms in total. The molecule has 1 aromatic heterocycles. The number of nitrogens with one attached hydrogen (secondary N) is 1. The lowest BCUT2D eigenvalue weighted by atomic mass is 10.0. The molecule has 2 atom stereocenters. The first-order valence-electron chi connectivity index (χ1n) is 12.0. The quantitative estimate of drug-likeness (QED) is 0.462. The fraction of sp³-hybridized carbons (Fsp3) is 0.577. The number of hydrogen-bond acceptors (Lipinski definition) is 4. The second-order valence-corrected chi connectivity index (χ2v) is 8.79. The number of esters is 1. The van der Waals surface area contributed by atoms with Crippen LogP contribution in [-0.2, 0) is 32.6 Å². The number of ether oxygens (including phenoxy) is 1. The zero-order chi connectivity index (χ0) is 24.4. The van der Waals surface area contributed by atoms with Gasteiger partial charge in [-0.15, -0.1) is 0 Å². The first kappa shape index (κ1) is 26.4. The van der Waals surface area contributed by atoms with Gasteiger partial charge in [0.2, 0.25) is 11.8 Å². The van der Waals surface area contributed by atoms with Crippen molar-refractivity contribution < 1.29 is 19.1 Å². The van der Waals surface area contributed by atoms with Crippen molar-refractivity contribution in [3.8, 4) is 0 Å². The van der Waals surface area contributed by atoms with Crippen LogP contribution in [0.15, 0.2) is 30.5 Å². The zero-order valence-electron chi connectivity index (χ0n) is 20.7. The first-order valence-corrected chi connectivity index (χ1v) is 12.0. The molecular weight excluding hydrogens is 418 g/mol. The Morgan fingerprint density at radius 3 is 2.48 bits per heavy atom. The lowest BCUT2D eigenvalue weighted by Crippen LogP contribution is -2.48. The van der Waals surface area contributed by atoms with E-state index in [4.69, 9.17) is 4.74 Å². The van der Waals surface area contributed by atoms with Gasteiger partial charge in [-0.25, -0.2) is 0 Å². The van der Waals surface area contributed by atoms with Crippen molar-refractivity contribution in [2.75, 3.05) is 13.6 Å². The lowest BCUT2D eigenvalue weighted by molar-refractivity contribution is -0.147. The molecule has 2 aromatic rings. The number of aryl methyl sites for hydroxylation is 1. The predicted molar refractivity (Wildman–Crippen MR) is 131 cm³/mol. The number of benzene rings is 1. The molecule has 1 aromatic carbocycles. The Bertz CT molecular complexity index is 937. The third-order valence-corrected chi connectivity index (χ3v) is 5.91. The van der Waals surface area contributed by atoms with E-state index in [0.717, 1.165) is 42.1 Å². The Kier molecular flexibility index (Phi) is 10.4. The molecular formula is C26H39N3O4. The first-order chi connectivity index (χ1) is 15.8. The summed E-state index contributed by atoms with van der Waals surface area (Å²) >= 11 is 0. The Balaban J connectivity index is 2.12. The summed E-state index contributed by atoms with van der Waals surface area (Å²) in [7, 11) is 3.74. The number of amides is 2. The summed E-state index contributed by atoms with van der Waals surface area (Å²) in [6.45, 7) is 6.16. The molecule has 1 N–H and O–H groups in total. The highest BCUT2D eigenvalue weighted by Crippen LogP contribution is 2.21. The van der Waals surface area contributed by atoms with Crippen molar-refractivity contribution in [3.05, 3.63) is 36.0 Å². The van der Waals surface area contributed by atoms with E-state index in [1.54, 1.807) is 11.9 Å². The van der Waals surface area contributed by atoms with E-state index >= 15 is 0 Å². The van der Waals surface area contributed by atoms with Gasteiger partial charge < -0.3 is 19.5 Å². The number of aromatic nitrogens is 1. The van der Waals surface area contributed by atoms with E-state index in [1.807, 2.05) is 49.0 Å². The molecule has 2 rings (SSSR count). The predicted octanol–water partition coefficient (Wildman–Crippen LogP) is 3.98. The highest BCUT2D eigenvalue weighted by molar-refractivity contribution is 5.92. The van der Waals surface area contributed by atoms with Gasteiger partial charge in [0, 0.05) is 44.7 Å². The molecule has 0 saturated heterocycles. The van der Waals surface area contributed by atoms with Crippen molar-refractivity contribution in [1.82, 2.24) is 14.8 Å². The molecule has 0 saturated carbocycles. The molecule has 0 aliphatic rings. The number of likely N-dealkylation sites (N-methyl/N-ethyl adjacent to an activating group) is 1. The van der Waals surface area contributed by atoms with Crippen LogP contribution in [0.2, 0.25) is 0 Å².